The molecule has 1 N–H and O–H groups in total. The van der Waals surface area contributed by atoms with Crippen molar-refractivity contribution in [1.82, 2.24) is 5.32 Å². The highest BCUT2D eigenvalue weighted by atomic mass is 32.2. The molecule has 0 spiro atoms. The van der Waals surface area contributed by atoms with Crippen LogP contribution < -0.4 is 9.62 Å². The number of halogens is 1. The summed E-state index contributed by atoms with van der Waals surface area (Å²) in [6, 6.07) is 21.4. The van der Waals surface area contributed by atoms with Crippen molar-refractivity contribution >= 4 is 33.4 Å². The monoisotopic (exact) mass is 472 g/mol. The van der Waals surface area contributed by atoms with E-state index in [1.165, 1.54) is 42.0 Å². The molecule has 3 aromatic carbocycles. The van der Waals surface area contributed by atoms with E-state index in [4.69, 9.17) is 0 Å². The molecule has 0 heterocycles. The minimum Gasteiger partial charge on any atom is -0.354 e. The molecule has 0 aliphatic heterocycles. The third-order valence-corrected chi connectivity index (χ3v) is 7.51. The van der Waals surface area contributed by atoms with Gasteiger partial charge in [-0.15, -0.1) is 0 Å². The lowest BCUT2D eigenvalue weighted by atomic mass is 10.2. The number of carbonyl (C=O) groups is 1. The molecule has 0 radical (unpaired) electrons. The Bertz CT molecular complexity index is 1120. The molecule has 0 aliphatic carbocycles. The standard InChI is InChI=1S/C24H25FN2O3S2/c1-19-7-13-23(14-8-19)32(29,30)27(22-11-9-21(25)10-12-22)17-24(28)26-15-16-31-18-20-5-3-2-4-6-20/h2-14H,15-18H2,1H3,(H,26,28). The van der Waals surface area contributed by atoms with Gasteiger partial charge in [0.1, 0.15) is 12.4 Å². The van der Waals surface area contributed by atoms with E-state index in [0.29, 0.717) is 12.3 Å². The average molecular weight is 473 g/mol. The average Bonchev–Trinajstić information content (AvgIpc) is 2.79. The van der Waals surface area contributed by atoms with Crippen molar-refractivity contribution in [3.63, 3.8) is 0 Å². The first-order valence-electron chi connectivity index (χ1n) is 10.1. The highest BCUT2D eigenvalue weighted by Crippen LogP contribution is 2.24. The fourth-order valence-corrected chi connectivity index (χ4v) is 5.21. The first-order chi connectivity index (χ1) is 15.4. The van der Waals surface area contributed by atoms with Crippen molar-refractivity contribution in [1.29, 1.82) is 0 Å². The van der Waals surface area contributed by atoms with Crippen LogP contribution in [-0.4, -0.2) is 33.2 Å². The maximum atomic E-state index is 13.4. The second-order valence-corrected chi connectivity index (χ2v) is 10.2. The summed E-state index contributed by atoms with van der Waals surface area (Å²) in [5.74, 6) is 0.619. The number of nitrogens with zero attached hydrogens (tertiary/aromatic N) is 1. The molecule has 0 bridgehead atoms. The molecule has 0 saturated heterocycles. The van der Waals surface area contributed by atoms with Crippen LogP contribution in [-0.2, 0) is 20.6 Å². The van der Waals surface area contributed by atoms with Gasteiger partial charge in [-0.1, -0.05) is 48.0 Å². The minimum absolute atomic E-state index is 0.0682. The zero-order valence-electron chi connectivity index (χ0n) is 17.7. The zero-order valence-corrected chi connectivity index (χ0v) is 19.3. The first kappa shape index (κ1) is 23.8. The van der Waals surface area contributed by atoms with Crippen molar-refractivity contribution in [2.75, 3.05) is 23.1 Å². The van der Waals surface area contributed by atoms with E-state index in [1.54, 1.807) is 23.9 Å². The number of hydrogen-bond donors (Lipinski definition) is 1. The number of carbonyl (C=O) groups excluding carboxylic acids is 1. The molecular weight excluding hydrogens is 447 g/mol. The summed E-state index contributed by atoms with van der Waals surface area (Å²) in [6.07, 6.45) is 0. The number of rotatable bonds is 10. The SMILES string of the molecule is Cc1ccc(S(=O)(=O)N(CC(=O)NCCSCc2ccccc2)c2ccc(F)cc2)cc1. The number of thioether (sulfide) groups is 1. The van der Waals surface area contributed by atoms with E-state index in [9.17, 15) is 17.6 Å². The molecule has 168 valence electrons. The number of benzene rings is 3. The van der Waals surface area contributed by atoms with Gasteiger partial charge in [0, 0.05) is 18.1 Å². The van der Waals surface area contributed by atoms with E-state index >= 15 is 0 Å². The predicted octanol–water partition coefficient (Wildman–Crippen LogP) is 4.38. The molecule has 0 aliphatic rings. The molecule has 1 amide bonds. The number of nitrogens with one attached hydrogen (secondary N) is 1. The van der Waals surface area contributed by atoms with E-state index in [0.717, 1.165) is 15.6 Å². The first-order valence-corrected chi connectivity index (χ1v) is 12.7. The summed E-state index contributed by atoms with van der Waals surface area (Å²) in [4.78, 5) is 12.6. The topological polar surface area (TPSA) is 66.5 Å². The van der Waals surface area contributed by atoms with E-state index < -0.39 is 28.3 Å². The van der Waals surface area contributed by atoms with E-state index in [2.05, 4.69) is 5.32 Å². The fraction of sp³-hybridized carbons (Fsp3) is 0.208. The third kappa shape index (κ3) is 6.58. The van der Waals surface area contributed by atoms with Crippen LogP contribution in [0.25, 0.3) is 0 Å². The smallest absolute Gasteiger partial charge is 0.264 e. The Labute approximate surface area is 192 Å². The number of amides is 1. The highest BCUT2D eigenvalue weighted by molar-refractivity contribution is 7.98. The lowest BCUT2D eigenvalue weighted by molar-refractivity contribution is -0.119. The predicted molar refractivity (Wildman–Crippen MR) is 128 cm³/mol. The molecule has 5 nitrogen and oxygen atoms in total. The Morgan fingerprint density at radius 3 is 2.28 bits per heavy atom. The van der Waals surface area contributed by atoms with E-state index in [1.807, 2.05) is 37.3 Å². The van der Waals surface area contributed by atoms with Crippen molar-refractivity contribution < 1.29 is 17.6 Å². The summed E-state index contributed by atoms with van der Waals surface area (Å²) in [5, 5.41) is 2.77. The zero-order chi connectivity index (χ0) is 23.0. The summed E-state index contributed by atoms with van der Waals surface area (Å²) < 4.78 is 40.9. The second kappa shape index (κ2) is 11.2. The van der Waals surface area contributed by atoms with Crippen LogP contribution in [0, 0.1) is 12.7 Å². The minimum atomic E-state index is -4.01. The fourth-order valence-electron chi connectivity index (χ4n) is 2.97. The molecule has 3 aromatic rings. The van der Waals surface area contributed by atoms with Crippen LogP contribution in [0.4, 0.5) is 10.1 Å². The molecule has 0 saturated carbocycles. The van der Waals surface area contributed by atoms with Crippen molar-refractivity contribution in [2.45, 2.75) is 17.6 Å². The van der Waals surface area contributed by atoms with Crippen LogP contribution >= 0.6 is 11.8 Å². The van der Waals surface area contributed by atoms with Crippen LogP contribution in [0.3, 0.4) is 0 Å². The van der Waals surface area contributed by atoms with Gasteiger partial charge in [0.05, 0.1) is 10.6 Å². The number of hydrogen-bond acceptors (Lipinski definition) is 4. The molecule has 0 fully saturated rings. The summed E-state index contributed by atoms with van der Waals surface area (Å²) in [6.45, 7) is 1.88. The third-order valence-electron chi connectivity index (χ3n) is 4.69. The largest absolute Gasteiger partial charge is 0.354 e. The van der Waals surface area contributed by atoms with Gasteiger partial charge in [-0.3, -0.25) is 9.10 Å². The summed E-state index contributed by atoms with van der Waals surface area (Å²) in [7, 11) is -4.01. The number of anilines is 1. The Morgan fingerprint density at radius 2 is 1.62 bits per heavy atom. The van der Waals surface area contributed by atoms with Crippen LogP contribution in [0.2, 0.25) is 0 Å². The lowest BCUT2D eigenvalue weighted by Crippen LogP contribution is -2.41. The van der Waals surface area contributed by atoms with Crippen molar-refractivity contribution in [3.05, 3.63) is 95.8 Å². The normalized spacial score (nSPS) is 11.2. The molecule has 8 heteroatoms. The van der Waals surface area contributed by atoms with Gasteiger partial charge in [0.15, 0.2) is 0 Å². The van der Waals surface area contributed by atoms with Gasteiger partial charge in [-0.2, -0.15) is 11.8 Å². The van der Waals surface area contributed by atoms with E-state index in [-0.39, 0.29) is 10.6 Å². The lowest BCUT2D eigenvalue weighted by Gasteiger charge is -2.24. The number of sulfonamides is 1. The van der Waals surface area contributed by atoms with Gasteiger partial charge in [0.25, 0.3) is 10.0 Å². The van der Waals surface area contributed by atoms with Crippen molar-refractivity contribution in [2.24, 2.45) is 0 Å². The van der Waals surface area contributed by atoms with Crippen LogP contribution in [0.5, 0.6) is 0 Å². The Morgan fingerprint density at radius 1 is 0.969 bits per heavy atom. The Kier molecular flexibility index (Phi) is 8.30. The molecule has 0 unspecified atom stereocenters. The van der Waals surface area contributed by atoms with Gasteiger partial charge < -0.3 is 5.32 Å². The summed E-state index contributed by atoms with van der Waals surface area (Å²) >= 11 is 1.68. The van der Waals surface area contributed by atoms with Crippen molar-refractivity contribution in [3.8, 4) is 0 Å². The maximum Gasteiger partial charge on any atom is 0.264 e. The second-order valence-electron chi connectivity index (χ2n) is 7.19. The molecule has 32 heavy (non-hydrogen) atoms. The molecule has 0 aromatic heterocycles. The van der Waals surface area contributed by atoms with Crippen LogP contribution in [0.15, 0.2) is 83.8 Å². The summed E-state index contributed by atoms with van der Waals surface area (Å²) in [5.41, 5.74) is 2.35. The van der Waals surface area contributed by atoms with Gasteiger partial charge in [-0.05, 0) is 48.9 Å². The van der Waals surface area contributed by atoms with Gasteiger partial charge >= 0.3 is 0 Å². The maximum absolute atomic E-state index is 13.4. The van der Waals surface area contributed by atoms with Crippen LogP contribution in [0.1, 0.15) is 11.1 Å². The van der Waals surface area contributed by atoms with Gasteiger partial charge in [-0.25, -0.2) is 12.8 Å². The highest BCUT2D eigenvalue weighted by Gasteiger charge is 2.27. The molecular formula is C24H25FN2O3S2. The van der Waals surface area contributed by atoms with Gasteiger partial charge in [0.2, 0.25) is 5.91 Å². The molecule has 0 atom stereocenters. The number of aryl methyl sites for hydroxylation is 1. The molecule has 3 rings (SSSR count). The Hall–Kier alpha value is -2.84. The Balaban J connectivity index is 1.65. The quantitative estimate of drug-likeness (QED) is 0.445.